The zero-order valence-electron chi connectivity index (χ0n) is 47.5. The van der Waals surface area contributed by atoms with Gasteiger partial charge in [-0.3, -0.25) is 33.9 Å². The molecular formula is C51H90N6O20. The molecule has 0 bridgehead atoms. The van der Waals surface area contributed by atoms with Crippen molar-refractivity contribution in [2.24, 2.45) is 0 Å². The van der Waals surface area contributed by atoms with Crippen molar-refractivity contribution < 1.29 is 95.7 Å². The van der Waals surface area contributed by atoms with Gasteiger partial charge in [-0.05, 0) is 105 Å². The summed E-state index contributed by atoms with van der Waals surface area (Å²) in [6.07, 6.45) is 11.1. The Morgan fingerprint density at radius 2 is 0.545 bits per heavy atom. The van der Waals surface area contributed by atoms with Gasteiger partial charge in [-0.15, -0.1) is 6.58 Å². The minimum atomic E-state index is -0.312. The maximum atomic E-state index is 12.0. The topological polar surface area (TPSA) is 329 Å². The van der Waals surface area contributed by atoms with E-state index in [0.717, 1.165) is 104 Å². The average molecular weight is 1110 g/mol. The zero-order chi connectivity index (χ0) is 60.9. The third-order valence-electron chi connectivity index (χ3n) is 9.63. The first-order valence-electron chi connectivity index (χ1n) is 25.5. The fourth-order valence-corrected chi connectivity index (χ4v) is 6.92. The summed E-state index contributed by atoms with van der Waals surface area (Å²) in [6.45, 7) is 38.5. The molecule has 0 aromatic carbocycles. The van der Waals surface area contributed by atoms with E-state index in [2.05, 4.69) is 67.7 Å². The van der Waals surface area contributed by atoms with Crippen molar-refractivity contribution in [3.63, 3.8) is 0 Å². The van der Waals surface area contributed by atoms with E-state index < -0.39 is 0 Å². The van der Waals surface area contributed by atoms with Crippen LogP contribution in [0.2, 0.25) is 0 Å². The minimum absolute atomic E-state index is 0.0938. The number of hydrogen-bond acceptors (Lipinski definition) is 26. The molecule has 0 saturated heterocycles. The smallest absolute Gasteiger partial charge is 0.373 e. The van der Waals surface area contributed by atoms with Crippen LogP contribution in [0.5, 0.6) is 0 Å². The van der Waals surface area contributed by atoms with Gasteiger partial charge in [0.1, 0.15) is 0 Å². The Labute approximate surface area is 455 Å². The second kappa shape index (κ2) is 76.2. The molecule has 1 atom stereocenters. The molecule has 26 heteroatoms. The molecule has 0 rings (SSSR count). The molecule has 1 unspecified atom stereocenters. The van der Waals surface area contributed by atoms with Gasteiger partial charge in [0.25, 0.3) is 0 Å². The van der Waals surface area contributed by atoms with E-state index in [4.69, 9.17) is 76.5 Å². The molecule has 444 valence electrons. The van der Waals surface area contributed by atoms with Gasteiger partial charge in [0.05, 0.1) is 52.6 Å². The molecule has 0 aliphatic rings. The predicted octanol–water partition coefficient (Wildman–Crippen LogP) is 1.94. The maximum Gasteiger partial charge on any atom is 0.373 e. The Morgan fingerprint density at radius 1 is 0.351 bits per heavy atom. The number of carbonyl (C=O) groups excluding carboxylic acids is 16. The molecule has 0 saturated carbocycles. The third kappa shape index (κ3) is 74.0. The van der Waals surface area contributed by atoms with Crippen LogP contribution in [0.3, 0.4) is 0 Å². The highest BCUT2D eigenvalue weighted by Crippen LogP contribution is 2.11. The summed E-state index contributed by atoms with van der Waals surface area (Å²) in [7, 11) is 0. The lowest BCUT2D eigenvalue weighted by molar-refractivity contribution is -0.193. The van der Waals surface area contributed by atoms with Gasteiger partial charge in [0, 0.05) is 58.4 Å². The molecular weight excluding hydrogens is 1020 g/mol. The van der Waals surface area contributed by atoms with Crippen molar-refractivity contribution in [2.45, 2.75) is 120 Å². The zero-order valence-corrected chi connectivity index (χ0v) is 47.5. The van der Waals surface area contributed by atoms with E-state index in [9.17, 15) is 19.2 Å². The summed E-state index contributed by atoms with van der Waals surface area (Å²) in [5.41, 5.74) is 0. The number of ether oxygens (including phenoxy) is 4. The molecule has 26 nitrogen and oxygen atoms in total. The van der Waals surface area contributed by atoms with Crippen LogP contribution in [0.4, 0.5) is 0 Å². The first-order chi connectivity index (χ1) is 36.9. The van der Waals surface area contributed by atoms with E-state index in [0.29, 0.717) is 45.6 Å². The lowest BCUT2D eigenvalue weighted by atomic mass is 10.1. The van der Waals surface area contributed by atoms with Crippen molar-refractivity contribution in [3.05, 3.63) is 12.7 Å². The van der Waals surface area contributed by atoms with E-state index in [1.54, 1.807) is 27.7 Å². The summed E-state index contributed by atoms with van der Waals surface area (Å²) >= 11 is 0. The molecule has 0 aromatic heterocycles. The maximum absolute atomic E-state index is 12.0. The summed E-state index contributed by atoms with van der Waals surface area (Å²) in [6, 6.07) is 0.398. The number of esters is 4. The highest BCUT2D eigenvalue weighted by molar-refractivity contribution is 5.75. The summed E-state index contributed by atoms with van der Waals surface area (Å²) in [5.74, 6) is -1.22. The van der Waals surface area contributed by atoms with Gasteiger partial charge < -0.3 is 33.6 Å². The van der Waals surface area contributed by atoms with Crippen LogP contribution < -0.4 is 0 Å². The summed E-state index contributed by atoms with van der Waals surface area (Å²) in [5, 5.41) is 0. The molecule has 77 heavy (non-hydrogen) atoms. The van der Waals surface area contributed by atoms with E-state index >= 15 is 0 Å². The molecule has 0 heterocycles. The second-order valence-corrected chi connectivity index (χ2v) is 15.3. The molecule has 0 N–H and O–H groups in total. The minimum Gasteiger partial charge on any atom is -0.465 e. The fourth-order valence-electron chi connectivity index (χ4n) is 6.92. The Kier molecular flexibility index (Phi) is 86.4. The van der Waals surface area contributed by atoms with Crippen LogP contribution in [0.15, 0.2) is 12.7 Å². The van der Waals surface area contributed by atoms with E-state index in [1.165, 1.54) is 12.8 Å². The molecule has 0 radical (unpaired) electrons. The van der Waals surface area contributed by atoms with Crippen molar-refractivity contribution in [2.75, 3.05) is 138 Å². The van der Waals surface area contributed by atoms with Gasteiger partial charge >= 0.3 is 60.8 Å². The van der Waals surface area contributed by atoms with Crippen LogP contribution in [0.1, 0.15) is 114 Å². The Bertz CT molecular complexity index is 1460. The van der Waals surface area contributed by atoms with Gasteiger partial charge in [-0.1, -0.05) is 47.6 Å². The van der Waals surface area contributed by atoms with Crippen molar-refractivity contribution in [3.8, 4) is 0 Å². The standard InChI is InChI=1S/C24H47N3O4.C21H43N3O4.6CO2/c1-7-13-22(10-4)27(18-16-25(14-8-2)15-9-3)19-17-26(20-23(28)30-11-5)21-24(29)31-12-6;1-6-11-22(12-7-2)14-15-23(13-8-3)16-17-24(18-20(25)27-9-4)19-21(26)28-10-5;6*2-1-3/h7,22H,1,8-21H2,2-6H3;6-19H2,1-5H3;;;;;;. The monoisotopic (exact) mass is 1110 g/mol. The number of carbonyl (C=O) groups is 4. The van der Waals surface area contributed by atoms with Gasteiger partial charge in [-0.25, -0.2) is 0 Å². The normalized spacial score (nSPS) is 9.77. The Balaban J connectivity index is -0.000000157. The number of hydrogen-bond donors (Lipinski definition) is 0. The SMILES string of the molecule is C=CCC(CC)N(CCN(CCC)CCC)CCN(CC(=O)OCC)CC(=O)OCC.CCCN(CCC)CCN(CCC)CCN(CC(=O)OCC)CC(=O)OCC.O=C=O.O=C=O.O=C=O.O=C=O.O=C=O.O=C=O. The third-order valence-corrected chi connectivity index (χ3v) is 9.63. The number of nitrogens with zero attached hydrogens (tertiary/aromatic N) is 6. The highest BCUT2D eigenvalue weighted by Gasteiger charge is 2.22. The van der Waals surface area contributed by atoms with Crippen molar-refractivity contribution >= 4 is 60.8 Å². The van der Waals surface area contributed by atoms with E-state index in [1.807, 2.05) is 15.9 Å². The highest BCUT2D eigenvalue weighted by atomic mass is 16.5. The largest absolute Gasteiger partial charge is 0.465 e. The number of rotatable bonds is 38. The lowest BCUT2D eigenvalue weighted by Crippen LogP contribution is -2.46. The first-order valence-corrected chi connectivity index (χ1v) is 25.5. The Morgan fingerprint density at radius 3 is 0.740 bits per heavy atom. The van der Waals surface area contributed by atoms with Crippen LogP contribution in [0.25, 0.3) is 0 Å². The quantitative estimate of drug-likeness (QED) is 0.0484. The first kappa shape index (κ1) is 87.3. The molecule has 0 aromatic rings. The molecule has 0 fully saturated rings. The second-order valence-electron chi connectivity index (χ2n) is 15.3. The van der Waals surface area contributed by atoms with Crippen molar-refractivity contribution in [1.82, 2.24) is 29.4 Å². The Hall–Kier alpha value is -6.34. The van der Waals surface area contributed by atoms with Crippen LogP contribution >= 0.6 is 0 Å². The lowest BCUT2D eigenvalue weighted by Gasteiger charge is -2.34. The van der Waals surface area contributed by atoms with Crippen molar-refractivity contribution in [1.29, 1.82) is 0 Å². The van der Waals surface area contributed by atoms with Gasteiger partial charge in [0.2, 0.25) is 0 Å². The molecule has 0 spiro atoms. The molecule has 0 amide bonds. The van der Waals surface area contributed by atoms with Crippen LogP contribution in [-0.4, -0.2) is 234 Å². The van der Waals surface area contributed by atoms with Crippen LogP contribution in [-0.2, 0) is 95.7 Å². The average Bonchev–Trinajstić information content (AvgIpc) is 3.36. The van der Waals surface area contributed by atoms with E-state index in [-0.39, 0.29) is 87.0 Å². The molecule has 0 aliphatic heterocycles. The fraction of sp³-hybridized carbons (Fsp3) is 0.765. The predicted molar refractivity (Wildman–Crippen MR) is 271 cm³/mol. The van der Waals surface area contributed by atoms with Crippen LogP contribution in [0, 0.1) is 0 Å². The van der Waals surface area contributed by atoms with Gasteiger partial charge in [0.15, 0.2) is 0 Å². The van der Waals surface area contributed by atoms with Gasteiger partial charge in [-0.2, -0.15) is 57.5 Å². The summed E-state index contributed by atoms with van der Waals surface area (Å²) < 4.78 is 20.3. The molecule has 0 aliphatic carbocycles. The summed E-state index contributed by atoms with van der Waals surface area (Å²) in [4.78, 5) is 159.